The zero-order valence-electron chi connectivity index (χ0n) is 22.0. The normalized spacial score (nSPS) is 14.9. The van der Waals surface area contributed by atoms with Crippen LogP contribution in [-0.4, -0.2) is 67.2 Å². The first-order valence-corrected chi connectivity index (χ1v) is 12.6. The van der Waals surface area contributed by atoms with E-state index in [1.165, 1.54) is 22.6 Å². The van der Waals surface area contributed by atoms with Gasteiger partial charge in [-0.25, -0.2) is 19.0 Å². The van der Waals surface area contributed by atoms with Gasteiger partial charge in [0.1, 0.15) is 5.39 Å². The molecule has 194 valence electrons. The Balaban J connectivity index is 1.50. The first-order valence-electron chi connectivity index (χ1n) is 12.6. The van der Waals surface area contributed by atoms with E-state index in [-0.39, 0.29) is 11.1 Å². The molecule has 0 bridgehead atoms. The van der Waals surface area contributed by atoms with Crippen LogP contribution in [0.2, 0.25) is 0 Å². The average molecular weight is 504 g/mol. The molecule has 1 N–H and O–H groups in total. The van der Waals surface area contributed by atoms with Crippen molar-refractivity contribution in [3.05, 3.63) is 63.3 Å². The molecule has 4 heterocycles. The number of rotatable bonds is 5. The summed E-state index contributed by atoms with van der Waals surface area (Å²) < 4.78 is 4.62. The van der Waals surface area contributed by atoms with E-state index in [9.17, 15) is 9.59 Å². The minimum atomic E-state index is -0.522. The highest BCUT2D eigenvalue weighted by Gasteiger charge is 2.21. The van der Waals surface area contributed by atoms with Crippen molar-refractivity contribution in [2.75, 3.05) is 43.4 Å². The highest BCUT2D eigenvalue weighted by atomic mass is 16.1. The Kier molecular flexibility index (Phi) is 6.32. The molecule has 4 aromatic rings. The van der Waals surface area contributed by atoms with Crippen LogP contribution in [0, 0.1) is 0 Å². The van der Waals surface area contributed by atoms with Crippen molar-refractivity contribution in [3.63, 3.8) is 0 Å². The number of nitrogens with one attached hydrogen (secondary N) is 1. The summed E-state index contributed by atoms with van der Waals surface area (Å²) in [7, 11) is 2.15. The highest BCUT2D eigenvalue weighted by molar-refractivity contribution is 5.77. The molecule has 1 aliphatic rings. The molecule has 0 saturated carbocycles. The molecule has 1 saturated heterocycles. The Morgan fingerprint density at radius 1 is 0.973 bits per heavy atom. The van der Waals surface area contributed by atoms with Gasteiger partial charge in [-0.15, -0.1) is 5.10 Å². The number of fused-ring (bicyclic) bond motifs is 1. The van der Waals surface area contributed by atoms with Crippen molar-refractivity contribution >= 4 is 28.4 Å². The minimum Gasteiger partial charge on any atom is -0.369 e. The molecule has 11 nitrogen and oxygen atoms in total. The van der Waals surface area contributed by atoms with E-state index >= 15 is 0 Å². The maximum absolute atomic E-state index is 13.1. The largest absolute Gasteiger partial charge is 0.369 e. The van der Waals surface area contributed by atoms with Crippen LogP contribution in [0.4, 0.5) is 17.3 Å². The van der Waals surface area contributed by atoms with Gasteiger partial charge < -0.3 is 15.1 Å². The van der Waals surface area contributed by atoms with E-state index in [1.807, 2.05) is 39.8 Å². The number of likely N-dealkylation sites (N-methyl/N-ethyl adjacent to an activating group) is 1. The van der Waals surface area contributed by atoms with Crippen molar-refractivity contribution in [1.82, 2.24) is 34.0 Å². The Bertz CT molecular complexity index is 1540. The summed E-state index contributed by atoms with van der Waals surface area (Å²) in [6.07, 6.45) is 1.54. The summed E-state index contributed by atoms with van der Waals surface area (Å²) in [6.45, 7) is 12.1. The molecule has 5 rings (SSSR count). The minimum absolute atomic E-state index is 0.212. The number of hydrogen-bond donors (Lipinski definition) is 1. The van der Waals surface area contributed by atoms with Crippen LogP contribution in [0.3, 0.4) is 0 Å². The van der Waals surface area contributed by atoms with E-state index in [0.29, 0.717) is 29.3 Å². The van der Waals surface area contributed by atoms with Crippen molar-refractivity contribution in [3.8, 4) is 5.82 Å². The van der Waals surface area contributed by atoms with Crippen molar-refractivity contribution in [2.45, 2.75) is 39.8 Å². The van der Waals surface area contributed by atoms with Crippen LogP contribution < -0.4 is 21.3 Å². The molecule has 1 aromatic carbocycles. The van der Waals surface area contributed by atoms with Gasteiger partial charge in [0.2, 0.25) is 5.95 Å². The van der Waals surface area contributed by atoms with Gasteiger partial charge in [0.05, 0.1) is 5.54 Å². The Morgan fingerprint density at radius 2 is 1.68 bits per heavy atom. The first-order chi connectivity index (χ1) is 17.7. The Morgan fingerprint density at radius 3 is 2.32 bits per heavy atom. The monoisotopic (exact) mass is 503 g/mol. The standard InChI is InChI=1S/C26H33N9O2/c1-6-33-24(37)20-17-27-25(28-18-7-9-19(10-8-18)32-15-13-31(5)14-16-32)29-23(20)34(33)21-11-12-22(36)35(30-21)26(2,3)4/h7-12,17H,6,13-16H2,1-5H3,(H,27,28,29). The van der Waals surface area contributed by atoms with Crippen LogP contribution in [-0.2, 0) is 12.1 Å². The zero-order chi connectivity index (χ0) is 26.3. The zero-order valence-corrected chi connectivity index (χ0v) is 22.0. The average Bonchev–Trinajstić information content (AvgIpc) is 3.15. The molecule has 3 aromatic heterocycles. The Labute approximate surface area is 215 Å². The summed E-state index contributed by atoms with van der Waals surface area (Å²) in [5.74, 6) is 0.802. The molecule has 0 amide bonds. The van der Waals surface area contributed by atoms with Crippen LogP contribution in [0.15, 0.2) is 52.2 Å². The predicted molar refractivity (Wildman–Crippen MR) is 145 cm³/mol. The Hall–Kier alpha value is -3.99. The number of benzene rings is 1. The molecule has 0 aliphatic carbocycles. The molecule has 1 aliphatic heterocycles. The summed E-state index contributed by atoms with van der Waals surface area (Å²) in [6, 6.07) is 11.3. The van der Waals surface area contributed by atoms with Gasteiger partial charge >= 0.3 is 0 Å². The van der Waals surface area contributed by atoms with Gasteiger partial charge in [-0.1, -0.05) is 0 Å². The molecule has 0 atom stereocenters. The first kappa shape index (κ1) is 24.7. The number of aromatic nitrogens is 6. The van der Waals surface area contributed by atoms with Crippen molar-refractivity contribution in [1.29, 1.82) is 0 Å². The third-order valence-electron chi connectivity index (χ3n) is 6.61. The van der Waals surface area contributed by atoms with E-state index in [0.717, 1.165) is 31.9 Å². The van der Waals surface area contributed by atoms with Gasteiger partial charge in [0.15, 0.2) is 11.5 Å². The lowest BCUT2D eigenvalue weighted by Gasteiger charge is -2.34. The fraction of sp³-hybridized carbons (Fsp3) is 0.423. The van der Waals surface area contributed by atoms with Crippen molar-refractivity contribution in [2.24, 2.45) is 0 Å². The summed E-state index contributed by atoms with van der Waals surface area (Å²) in [4.78, 5) is 39.4. The van der Waals surface area contributed by atoms with E-state index in [2.05, 4.69) is 49.4 Å². The lowest BCUT2D eigenvalue weighted by molar-refractivity contribution is 0.313. The quantitative estimate of drug-likeness (QED) is 0.443. The lowest BCUT2D eigenvalue weighted by atomic mass is 10.1. The second-order valence-corrected chi connectivity index (χ2v) is 10.3. The van der Waals surface area contributed by atoms with Gasteiger partial charge in [0.25, 0.3) is 11.1 Å². The molecular formula is C26H33N9O2. The SMILES string of the molecule is CCn1c(=O)c2cnc(Nc3ccc(N4CCN(C)CC4)cc3)nc2n1-c1ccc(=O)n(C(C)(C)C)n1. The third-order valence-corrected chi connectivity index (χ3v) is 6.61. The van der Waals surface area contributed by atoms with Crippen LogP contribution in [0.5, 0.6) is 0 Å². The van der Waals surface area contributed by atoms with Crippen LogP contribution >= 0.6 is 0 Å². The maximum Gasteiger partial charge on any atom is 0.278 e. The van der Waals surface area contributed by atoms with Gasteiger partial charge in [-0.05, 0) is 65.1 Å². The molecule has 11 heteroatoms. The molecule has 0 radical (unpaired) electrons. The van der Waals surface area contributed by atoms with Crippen molar-refractivity contribution < 1.29 is 0 Å². The second-order valence-electron chi connectivity index (χ2n) is 10.3. The molecule has 0 spiro atoms. The fourth-order valence-corrected chi connectivity index (χ4v) is 4.55. The highest BCUT2D eigenvalue weighted by Crippen LogP contribution is 2.22. The number of piperazine rings is 1. The van der Waals surface area contributed by atoms with E-state index in [1.54, 1.807) is 15.4 Å². The van der Waals surface area contributed by atoms with E-state index < -0.39 is 5.54 Å². The molecule has 37 heavy (non-hydrogen) atoms. The summed E-state index contributed by atoms with van der Waals surface area (Å²) in [5.41, 5.74) is 1.51. The van der Waals surface area contributed by atoms with Crippen LogP contribution in [0.25, 0.3) is 16.9 Å². The maximum atomic E-state index is 13.1. The molecular weight excluding hydrogens is 470 g/mol. The molecule has 1 fully saturated rings. The smallest absolute Gasteiger partial charge is 0.278 e. The summed E-state index contributed by atoms with van der Waals surface area (Å²) in [5, 5.41) is 8.21. The molecule has 0 unspecified atom stereocenters. The number of nitrogens with zero attached hydrogens (tertiary/aromatic N) is 8. The van der Waals surface area contributed by atoms with E-state index in [4.69, 9.17) is 0 Å². The predicted octanol–water partition coefficient (Wildman–Crippen LogP) is 2.41. The third kappa shape index (κ3) is 4.74. The second kappa shape index (κ2) is 9.47. The number of hydrogen-bond acceptors (Lipinski definition) is 8. The summed E-state index contributed by atoms with van der Waals surface area (Å²) >= 11 is 0. The topological polar surface area (TPSA) is 106 Å². The lowest BCUT2D eigenvalue weighted by Crippen LogP contribution is -2.44. The van der Waals surface area contributed by atoms with Gasteiger partial charge in [-0.2, -0.15) is 4.98 Å². The fourth-order valence-electron chi connectivity index (χ4n) is 4.55. The van der Waals surface area contributed by atoms with Gasteiger partial charge in [-0.3, -0.25) is 9.59 Å². The van der Waals surface area contributed by atoms with Gasteiger partial charge in [0, 0.05) is 56.4 Å². The van der Waals surface area contributed by atoms with Crippen LogP contribution in [0.1, 0.15) is 27.7 Å². The number of anilines is 3.